The number of carbonyl (C=O) groups is 18. The van der Waals surface area contributed by atoms with E-state index in [0.29, 0.717) is 66.0 Å². The summed E-state index contributed by atoms with van der Waals surface area (Å²) >= 11 is 0. The van der Waals surface area contributed by atoms with Gasteiger partial charge in [0.05, 0.1) is 78.4 Å². The quantitative estimate of drug-likeness (QED) is 0.00322. The fourth-order valence-corrected chi connectivity index (χ4v) is 11.1. The van der Waals surface area contributed by atoms with Crippen molar-refractivity contribution in [3.05, 3.63) is 272 Å². The molecule has 8 aromatic rings. The summed E-state index contributed by atoms with van der Waals surface area (Å²) in [7, 11) is 0. The molecule has 2 amide bonds. The van der Waals surface area contributed by atoms with Gasteiger partial charge in [-0.2, -0.15) is 5.10 Å². The average molecular weight is 2000 g/mol. The van der Waals surface area contributed by atoms with Crippen LogP contribution in [-0.4, -0.2) is 192 Å². The van der Waals surface area contributed by atoms with Crippen LogP contribution in [-0.2, 0) is 135 Å². The molecule has 0 radical (unpaired) electrons. The van der Waals surface area contributed by atoms with Gasteiger partial charge in [-0.15, -0.1) is 0 Å². The van der Waals surface area contributed by atoms with Crippen LogP contribution in [0.4, 0.5) is 0 Å². The summed E-state index contributed by atoms with van der Waals surface area (Å²) in [6.07, 6.45) is 3.87. The zero-order valence-electron chi connectivity index (χ0n) is 81.8. The minimum absolute atomic E-state index is 0.00772. The van der Waals surface area contributed by atoms with Crippen molar-refractivity contribution in [3.8, 4) is 11.5 Å². The molecule has 0 aliphatic rings. The first-order chi connectivity index (χ1) is 67.6. The Balaban J connectivity index is 0.000000823. The molecule has 8 atom stereocenters. The van der Waals surface area contributed by atoms with Gasteiger partial charge in [-0.05, 0) is 140 Å². The Labute approximate surface area is 829 Å². The fourth-order valence-electron chi connectivity index (χ4n) is 11.1. The highest BCUT2D eigenvalue weighted by Crippen LogP contribution is 2.18. The van der Waals surface area contributed by atoms with E-state index in [1.807, 2.05) is 52.0 Å². The summed E-state index contributed by atoms with van der Waals surface area (Å²) in [5.74, 6) is -11.4. The number of nitrogens with one attached hydrogen (secondary N) is 2. The summed E-state index contributed by atoms with van der Waals surface area (Å²) < 4.78 is 10.5. The van der Waals surface area contributed by atoms with Gasteiger partial charge in [-0.3, -0.25) is 47.9 Å². The van der Waals surface area contributed by atoms with Crippen LogP contribution in [0.2, 0.25) is 0 Å². The van der Waals surface area contributed by atoms with Crippen molar-refractivity contribution >= 4 is 123 Å². The van der Waals surface area contributed by atoms with Crippen LogP contribution in [0, 0.1) is 0 Å². The number of quaternary nitrogens is 8. The third kappa shape index (κ3) is 56.1. The van der Waals surface area contributed by atoms with Crippen molar-refractivity contribution in [3.63, 3.8) is 0 Å². The number of ketones is 8. The molecule has 43 heteroatoms. The van der Waals surface area contributed by atoms with Gasteiger partial charge in [0.1, 0.15) is 84.6 Å². The Bertz CT molecular complexity index is 5660. The molecule has 8 aromatic carbocycles. The number of oxime groups is 2. The van der Waals surface area contributed by atoms with Gasteiger partial charge in [-0.25, -0.2) is 5.43 Å². The van der Waals surface area contributed by atoms with Crippen LogP contribution in [0.15, 0.2) is 210 Å². The van der Waals surface area contributed by atoms with E-state index in [4.69, 9.17) is 19.1 Å². The van der Waals surface area contributed by atoms with Gasteiger partial charge in [0, 0.05) is 93.9 Å². The van der Waals surface area contributed by atoms with E-state index in [9.17, 15) is 127 Å². The van der Waals surface area contributed by atoms with Crippen molar-refractivity contribution in [1.29, 1.82) is 0 Å². The number of aliphatic carboxylic acids is 8. The third-order valence-electron chi connectivity index (χ3n) is 19.0. The number of hydrogen-bond donors (Lipinski definition) is 10. The van der Waals surface area contributed by atoms with Gasteiger partial charge in [0.25, 0.3) is 12.7 Å². The maximum Gasteiger partial charge on any atom is 0.255 e. The molecule has 0 spiro atoms. The monoisotopic (exact) mass is 2000 g/mol. The van der Waals surface area contributed by atoms with Gasteiger partial charge < -0.3 is 150 Å². The third-order valence-corrected chi connectivity index (χ3v) is 19.0. The molecular weight excluding hydrogens is 1880 g/mol. The van der Waals surface area contributed by atoms with Crippen LogP contribution in [0.3, 0.4) is 0 Å². The number of carbonyl (C=O) groups excluding carboxylic acids is 18. The molecule has 0 aliphatic carbocycles. The zero-order chi connectivity index (χ0) is 109. The zero-order valence-corrected chi connectivity index (χ0v) is 81.8. The van der Waals surface area contributed by atoms with Gasteiger partial charge in [0.2, 0.25) is 23.3 Å². The maximum absolute atomic E-state index is 11.6. The second-order valence-electron chi connectivity index (χ2n) is 32.7. The average Bonchev–Trinajstić information content (AvgIpc) is 0.854. The fraction of sp³-hybridized carbons (Fsp3) is 0.317. The number of ether oxygens (including phenoxy) is 2. The number of carboxylic acids is 8. The molecule has 0 aromatic heterocycles. The smallest absolute Gasteiger partial charge is 0.255 e. The minimum Gasteiger partial charge on any atom is -0.544 e. The van der Waals surface area contributed by atoms with Crippen LogP contribution in [0.25, 0.3) is 0 Å². The Hall–Kier alpha value is -16.3. The predicted octanol–water partition coefficient (Wildman–Crippen LogP) is -10.8. The van der Waals surface area contributed by atoms with Crippen molar-refractivity contribution < 1.29 is 192 Å². The highest BCUT2D eigenvalue weighted by molar-refractivity contribution is 6.43. The number of Topliss-reactive ketones (excluding diaryl/α,β-unsaturated/α-hetero) is 8. The molecule has 0 bridgehead atoms. The van der Waals surface area contributed by atoms with Crippen LogP contribution >= 0.6 is 0 Å². The van der Waals surface area contributed by atoms with Crippen molar-refractivity contribution in [2.24, 2.45) is 15.4 Å². The molecule has 0 saturated heterocycles. The highest BCUT2D eigenvalue weighted by atomic mass is 16.7. The summed E-state index contributed by atoms with van der Waals surface area (Å²) in [5, 5.41) is 98.1. The molecular formula is C101H125N13O30. The Morgan fingerprint density at radius 2 is 0.604 bits per heavy atom. The molecule has 8 rings (SSSR count). The first-order valence-corrected chi connectivity index (χ1v) is 44.4. The van der Waals surface area contributed by atoms with Gasteiger partial charge >= 0.3 is 0 Å². The van der Waals surface area contributed by atoms with Crippen molar-refractivity contribution in [1.82, 2.24) is 10.7 Å². The first kappa shape index (κ1) is 126. The lowest BCUT2D eigenvalue weighted by Crippen LogP contribution is -2.69. The minimum atomic E-state index is -1.21. The van der Waals surface area contributed by atoms with E-state index in [-0.39, 0.29) is 93.4 Å². The lowest BCUT2D eigenvalue weighted by Gasteiger charge is -2.10. The standard InChI is InChI=1S/C13H18N2O4.C13H16N2O4.C13H18N2O3.2C13H15NO4.C12H15N3O3.C12H15NO4.C12H13NO4/c1-9(2)15-19-8-18-11-5-3-10(4-6-11)7-12(14)13(16)17;1-8(16)7-15-12(17)10-4-2-9(3-5-10)6-11(14)13(18)19;1-9(2)15-18-8-11-5-3-10(4-6-11)7-12(14)13(16)17;1-8(15)6-12(16)10-4-2-9(3-5-10)7-11(14)13(17)18;1-2-11(15)12(16)9-5-3-8(4-6-9)7-10(14)13(17)18;1-8(16)15-14-7-10-4-2-9(3-5-10)6-11(13)12(17)18;1-8(14)7-17-10-4-2-9(3-5-10)6-11(13)12(15)16;1-7(14)11(15)9-4-2-8(3-5-9)6-10(13)12(16)17/h3-6,12H,7-8,14H2,1-2H3,(H,16,17);2-5,11H,6-7,14H2,1H3,(H,15,17)(H,18,19);3-6,12H,7-8,14H2,1-2H3,(H,16,17);2-5,11H,6-7,14H2,1H3,(H,17,18);3-6,10H,2,7,14H2,1H3,(H,17,18);2-5,7,11H,6,13H2,1H3,(H,15,16)(H,17,18);2-5,11H,6-7,13H2,1H3,(H,15,16);2-5,10H,6,13H2,1H3,(H,16,17)/b;;;;;14-7+;;/t12-;11-;12-;11-;10-;2*11-;10-/m00000000/s1. The number of hydrogen-bond acceptors (Lipinski definition) is 33. The molecule has 0 heterocycles. The topological polar surface area (TPSA) is 811 Å². The molecule has 0 saturated carbocycles. The van der Waals surface area contributed by atoms with E-state index in [1.54, 1.807) is 153 Å². The van der Waals surface area contributed by atoms with E-state index in [0.717, 1.165) is 67.1 Å². The lowest BCUT2D eigenvalue weighted by atomic mass is 10.0. The van der Waals surface area contributed by atoms with Crippen LogP contribution in [0.5, 0.6) is 11.5 Å². The summed E-state index contributed by atoms with van der Waals surface area (Å²) in [6.45, 7) is 16.2. The number of rotatable bonds is 47. The SMILES string of the molecule is CC(=O)C(=O)c1ccc(C[C@H]([NH3+])C(=O)[O-])cc1.CC(=O)CC(=O)c1ccc(C[C@H]([NH3+])C(=O)[O-])cc1.CC(=O)CNC(=O)c1ccc(C[C@H]([NH3+])C(=O)[O-])cc1.CC(=O)COc1ccc(C[C@H]([NH3+])C(=O)[O-])cc1.CC(=O)N/N=C/c1ccc(C[C@H]([NH3+])C(=O)[O-])cc1.CC(C)=NOCOc1ccc(C[C@H]([NH3+])C(=O)[O-])cc1.CC(C)=NOCc1ccc(C[C@H]([NH3+])C(=O)[O-])cc1.CCC(=O)C(=O)c1ccc(C[C@H]([NH3+])C(=O)[O-])cc1. The molecule has 0 fully saturated rings. The second kappa shape index (κ2) is 67.9. The van der Waals surface area contributed by atoms with Gasteiger partial charge in [0.15, 0.2) is 17.3 Å². The van der Waals surface area contributed by atoms with Gasteiger partial charge in [-0.1, -0.05) is 175 Å². The summed E-state index contributed by atoms with van der Waals surface area (Å²) in [6, 6.07) is 47.7. The van der Waals surface area contributed by atoms with E-state index < -0.39 is 119 Å². The Morgan fingerprint density at radius 3 is 0.889 bits per heavy atom. The summed E-state index contributed by atoms with van der Waals surface area (Å²) in [5.41, 5.74) is 41.5. The van der Waals surface area contributed by atoms with Crippen molar-refractivity contribution in [2.45, 2.75) is 188 Å². The number of benzene rings is 8. The number of hydrazone groups is 1. The van der Waals surface area contributed by atoms with Crippen LogP contribution in [0.1, 0.15) is 179 Å². The van der Waals surface area contributed by atoms with E-state index >= 15 is 0 Å². The Kier molecular flexibility index (Phi) is 59.3. The molecule has 774 valence electrons. The molecule has 43 nitrogen and oxygen atoms in total. The lowest BCUT2D eigenvalue weighted by molar-refractivity contribution is -0.437. The number of amides is 2. The van der Waals surface area contributed by atoms with E-state index in [2.05, 4.69) is 72.0 Å². The molecule has 0 unspecified atom stereocenters. The normalized spacial score (nSPS) is 11.8. The van der Waals surface area contributed by atoms with Crippen molar-refractivity contribution in [2.75, 3.05) is 19.9 Å². The van der Waals surface area contributed by atoms with Crippen LogP contribution < -0.4 is 107 Å². The molecule has 0 aliphatic heterocycles. The Morgan fingerprint density at radius 1 is 0.326 bits per heavy atom. The maximum atomic E-state index is 11.6. The highest BCUT2D eigenvalue weighted by Gasteiger charge is 2.20. The second-order valence-corrected chi connectivity index (χ2v) is 32.7. The molecule has 144 heavy (non-hydrogen) atoms. The molecule has 26 N–H and O–H groups in total. The summed E-state index contributed by atoms with van der Waals surface area (Å²) in [4.78, 5) is 205. The number of carboxylic acid groups (broad SMARTS) is 8. The predicted molar refractivity (Wildman–Crippen MR) is 498 cm³/mol. The first-order valence-electron chi connectivity index (χ1n) is 44.4. The largest absolute Gasteiger partial charge is 0.544 e. The van der Waals surface area contributed by atoms with E-state index in [1.165, 1.54) is 65.1 Å². The number of nitrogens with zero attached hydrogens (tertiary/aromatic N) is 3.